The van der Waals surface area contributed by atoms with Gasteiger partial charge in [0.25, 0.3) is 0 Å². The molecule has 0 radical (unpaired) electrons. The van der Waals surface area contributed by atoms with Crippen LogP contribution in [0.15, 0.2) is 30.5 Å². The van der Waals surface area contributed by atoms with Gasteiger partial charge >= 0.3 is 0 Å². The minimum atomic E-state index is -3.45. The lowest BCUT2D eigenvalue weighted by atomic mass is 10.1. The Labute approximate surface area is 134 Å². The van der Waals surface area contributed by atoms with Crippen molar-refractivity contribution in [1.82, 2.24) is 15.0 Å². The van der Waals surface area contributed by atoms with E-state index in [0.29, 0.717) is 6.54 Å². The molecule has 0 aliphatic carbocycles. The van der Waals surface area contributed by atoms with Crippen molar-refractivity contribution in [3.8, 4) is 0 Å². The molecule has 8 heteroatoms. The van der Waals surface area contributed by atoms with Crippen molar-refractivity contribution in [3.05, 3.63) is 41.7 Å². The molecule has 0 unspecified atom stereocenters. The second-order valence-electron chi connectivity index (χ2n) is 5.85. The first kappa shape index (κ1) is 15.7. The summed E-state index contributed by atoms with van der Waals surface area (Å²) in [6.45, 7) is 3.93. The van der Waals surface area contributed by atoms with Crippen LogP contribution >= 0.6 is 0 Å². The molecule has 2 aromatic rings. The van der Waals surface area contributed by atoms with Gasteiger partial charge in [-0.05, 0) is 25.5 Å². The Morgan fingerprint density at radius 3 is 2.74 bits per heavy atom. The third kappa shape index (κ3) is 2.98. The lowest BCUT2D eigenvalue weighted by Gasteiger charge is -2.23. The van der Waals surface area contributed by atoms with Gasteiger partial charge in [0.1, 0.15) is 5.75 Å². The maximum atomic E-state index is 12.7. The smallest absolute Gasteiger partial charge is 0.242 e. The van der Waals surface area contributed by atoms with Crippen molar-refractivity contribution in [2.24, 2.45) is 0 Å². The average Bonchev–Trinajstić information content (AvgIpc) is 2.85. The molecule has 1 amide bonds. The molecule has 2 heterocycles. The number of rotatable bonds is 3. The Morgan fingerprint density at radius 2 is 2.00 bits per heavy atom. The van der Waals surface area contributed by atoms with E-state index in [0.717, 1.165) is 16.9 Å². The fraction of sp³-hybridized carbons (Fsp3) is 0.400. The molecule has 23 heavy (non-hydrogen) atoms. The lowest BCUT2D eigenvalue weighted by molar-refractivity contribution is -0.116. The quantitative estimate of drug-likeness (QED) is 0.836. The zero-order valence-corrected chi connectivity index (χ0v) is 13.8. The summed E-state index contributed by atoms with van der Waals surface area (Å²) < 4.78 is 25.9. The number of nitrogens with zero attached hydrogens (tertiary/aromatic N) is 4. The summed E-state index contributed by atoms with van der Waals surface area (Å²) in [6, 6.07) is 7.45. The number of carbonyl (C=O) groups is 1. The first-order chi connectivity index (χ1) is 10.9. The molecular formula is C15H18N4O3S. The predicted octanol–water partition coefficient (Wildman–Crippen LogP) is 0.996. The van der Waals surface area contributed by atoms with Crippen LogP contribution in [0.25, 0.3) is 0 Å². The van der Waals surface area contributed by atoms with Gasteiger partial charge in [-0.1, -0.05) is 23.4 Å². The fourth-order valence-corrected chi connectivity index (χ4v) is 3.32. The molecule has 3 rings (SSSR count). The molecule has 7 nitrogen and oxygen atoms in total. The maximum absolute atomic E-state index is 12.7. The van der Waals surface area contributed by atoms with E-state index in [-0.39, 0.29) is 6.54 Å². The lowest BCUT2D eigenvalue weighted by Crippen LogP contribution is -2.37. The first-order valence-electron chi connectivity index (χ1n) is 7.35. The van der Waals surface area contributed by atoms with Crippen LogP contribution in [0, 0.1) is 0 Å². The summed E-state index contributed by atoms with van der Waals surface area (Å²) in [6.07, 6.45) is 1.60. The van der Waals surface area contributed by atoms with Gasteiger partial charge in [-0.2, -0.15) is 0 Å². The standard InChI is InChI=1S/C15H18N4O3S/c1-11(2)23(21,22)10-15(20)18-9-13-7-16-17-19(13)8-12-5-3-4-6-14(12)18/h3-7,11H,8-10H2,1-2H3. The van der Waals surface area contributed by atoms with Gasteiger partial charge in [-0.3, -0.25) is 4.79 Å². The molecule has 1 aromatic carbocycles. The maximum Gasteiger partial charge on any atom is 0.242 e. The highest BCUT2D eigenvalue weighted by molar-refractivity contribution is 7.92. The molecule has 0 saturated carbocycles. The number of anilines is 1. The second kappa shape index (κ2) is 5.77. The van der Waals surface area contributed by atoms with Crippen LogP contribution in [0.3, 0.4) is 0 Å². The van der Waals surface area contributed by atoms with Crippen LogP contribution in [-0.4, -0.2) is 40.3 Å². The number of aromatic nitrogens is 3. The SMILES string of the molecule is CC(C)S(=O)(=O)CC(=O)N1Cc2cnnn2Cc2ccccc21. The normalized spacial score (nSPS) is 14.3. The average molecular weight is 334 g/mol. The number of hydrogen-bond acceptors (Lipinski definition) is 5. The summed E-state index contributed by atoms with van der Waals surface area (Å²) in [5, 5.41) is 7.31. The Kier molecular flexibility index (Phi) is 3.93. The minimum Gasteiger partial charge on any atom is -0.305 e. The Hall–Kier alpha value is -2.22. The van der Waals surface area contributed by atoms with E-state index in [1.165, 1.54) is 4.90 Å². The molecule has 1 aliphatic rings. The Bertz CT molecular complexity index is 842. The van der Waals surface area contributed by atoms with E-state index >= 15 is 0 Å². The second-order valence-corrected chi connectivity index (χ2v) is 8.40. The largest absolute Gasteiger partial charge is 0.305 e. The highest BCUT2D eigenvalue weighted by atomic mass is 32.2. The topological polar surface area (TPSA) is 85.2 Å². The number of sulfone groups is 1. The van der Waals surface area contributed by atoms with Crippen LogP contribution in [0.4, 0.5) is 5.69 Å². The van der Waals surface area contributed by atoms with E-state index in [1.54, 1.807) is 24.7 Å². The zero-order valence-electron chi connectivity index (χ0n) is 13.0. The van der Waals surface area contributed by atoms with Crippen molar-refractivity contribution in [2.75, 3.05) is 10.7 Å². The van der Waals surface area contributed by atoms with E-state index in [4.69, 9.17) is 0 Å². The molecule has 0 bridgehead atoms. The van der Waals surface area contributed by atoms with Gasteiger partial charge < -0.3 is 4.90 Å². The summed E-state index contributed by atoms with van der Waals surface area (Å²) in [5.74, 6) is -0.929. The first-order valence-corrected chi connectivity index (χ1v) is 9.07. The molecule has 0 atom stereocenters. The van der Waals surface area contributed by atoms with Crippen LogP contribution < -0.4 is 4.90 Å². The van der Waals surface area contributed by atoms with Crippen LogP contribution in [0.1, 0.15) is 25.1 Å². The van der Waals surface area contributed by atoms with Gasteiger partial charge in [-0.25, -0.2) is 13.1 Å². The van der Waals surface area contributed by atoms with Gasteiger partial charge in [0.15, 0.2) is 9.84 Å². The van der Waals surface area contributed by atoms with Crippen molar-refractivity contribution in [3.63, 3.8) is 0 Å². The fourth-order valence-electron chi connectivity index (χ4n) is 2.49. The van der Waals surface area contributed by atoms with Crippen molar-refractivity contribution < 1.29 is 13.2 Å². The van der Waals surface area contributed by atoms with E-state index in [1.807, 2.05) is 24.3 Å². The molecular weight excluding hydrogens is 316 g/mol. The number of hydrogen-bond donors (Lipinski definition) is 0. The summed E-state index contributed by atoms with van der Waals surface area (Å²) >= 11 is 0. The molecule has 0 saturated heterocycles. The number of benzene rings is 1. The number of amides is 1. The van der Waals surface area contributed by atoms with Gasteiger partial charge in [0, 0.05) is 5.69 Å². The van der Waals surface area contributed by atoms with E-state index in [2.05, 4.69) is 10.3 Å². The Balaban J connectivity index is 1.99. The monoisotopic (exact) mass is 334 g/mol. The number of carbonyl (C=O) groups excluding carboxylic acids is 1. The van der Waals surface area contributed by atoms with Crippen LogP contribution in [-0.2, 0) is 27.7 Å². The van der Waals surface area contributed by atoms with Crippen molar-refractivity contribution >= 4 is 21.4 Å². The third-order valence-electron chi connectivity index (χ3n) is 3.96. The van der Waals surface area contributed by atoms with E-state index in [9.17, 15) is 13.2 Å². The van der Waals surface area contributed by atoms with Gasteiger partial charge in [0.2, 0.25) is 5.91 Å². The van der Waals surface area contributed by atoms with E-state index < -0.39 is 26.7 Å². The highest BCUT2D eigenvalue weighted by Crippen LogP contribution is 2.27. The molecule has 0 N–H and O–H groups in total. The van der Waals surface area contributed by atoms with Crippen LogP contribution in [0.5, 0.6) is 0 Å². The highest BCUT2D eigenvalue weighted by Gasteiger charge is 2.29. The number of fused-ring (bicyclic) bond motifs is 2. The van der Waals surface area contributed by atoms with Crippen molar-refractivity contribution in [2.45, 2.75) is 32.2 Å². The molecule has 1 aromatic heterocycles. The molecule has 0 fully saturated rings. The van der Waals surface area contributed by atoms with Gasteiger partial charge in [0.05, 0.1) is 30.2 Å². The Morgan fingerprint density at radius 1 is 1.26 bits per heavy atom. The summed E-state index contributed by atoms with van der Waals surface area (Å²) in [4.78, 5) is 14.2. The predicted molar refractivity (Wildman–Crippen MR) is 85.7 cm³/mol. The summed E-state index contributed by atoms with van der Waals surface area (Å²) in [7, 11) is -3.45. The molecule has 1 aliphatic heterocycles. The minimum absolute atomic E-state index is 0.260. The zero-order chi connectivity index (χ0) is 16.6. The van der Waals surface area contributed by atoms with Crippen molar-refractivity contribution in [1.29, 1.82) is 0 Å². The van der Waals surface area contributed by atoms with Gasteiger partial charge in [-0.15, -0.1) is 5.10 Å². The summed E-state index contributed by atoms with van der Waals surface area (Å²) in [5.41, 5.74) is 2.41. The third-order valence-corrected chi connectivity index (χ3v) is 6.05. The molecule has 122 valence electrons. The number of para-hydroxylation sites is 1. The van der Waals surface area contributed by atoms with Crippen LogP contribution in [0.2, 0.25) is 0 Å². The molecule has 0 spiro atoms.